The van der Waals surface area contributed by atoms with E-state index in [2.05, 4.69) is 97.9 Å². The molecular weight excluding hydrogens is 448 g/mol. The van der Waals surface area contributed by atoms with Crippen molar-refractivity contribution in [2.45, 2.75) is 91.9 Å². The largest absolute Gasteiger partial charge is 0.398 e. The van der Waals surface area contributed by atoms with Crippen LogP contribution in [0.1, 0.15) is 99.9 Å². The third-order valence-corrected chi connectivity index (χ3v) is 8.47. The lowest BCUT2D eigenvalue weighted by Crippen LogP contribution is -2.24. The van der Waals surface area contributed by atoms with E-state index in [-0.39, 0.29) is 10.8 Å². The zero-order valence-corrected chi connectivity index (χ0v) is 23.7. The molecule has 0 unspecified atom stereocenters. The summed E-state index contributed by atoms with van der Waals surface area (Å²) in [5.74, 6) is 0. The molecule has 0 amide bonds. The van der Waals surface area contributed by atoms with Crippen molar-refractivity contribution >= 4 is 23.0 Å². The zero-order chi connectivity index (χ0) is 26.1. The standard InChI is InChI=1S/C32H43ClN2/c1-9-20-16-25(17-21(10-2)29(20)34)31(5,6)23-14-13-15-24(19-23)32(7,8)27-18-22(11-3)30(35)26(12-4)28(27)33/h13-19H,9-12,34-35H2,1-8H3. The number of benzene rings is 3. The van der Waals surface area contributed by atoms with Gasteiger partial charge in [-0.2, -0.15) is 0 Å². The summed E-state index contributed by atoms with van der Waals surface area (Å²) in [6, 6.07) is 15.8. The van der Waals surface area contributed by atoms with Crippen molar-refractivity contribution in [1.82, 2.24) is 0 Å². The summed E-state index contributed by atoms with van der Waals surface area (Å²) in [7, 11) is 0. The molecule has 0 aliphatic carbocycles. The number of hydrogen-bond acceptors (Lipinski definition) is 2. The summed E-state index contributed by atoms with van der Waals surface area (Å²) in [5, 5.41) is 0.801. The lowest BCUT2D eigenvalue weighted by molar-refractivity contribution is 0.615. The van der Waals surface area contributed by atoms with Gasteiger partial charge >= 0.3 is 0 Å². The third-order valence-electron chi connectivity index (χ3n) is 8.04. The van der Waals surface area contributed by atoms with Crippen LogP contribution in [-0.2, 0) is 36.5 Å². The van der Waals surface area contributed by atoms with Crippen molar-refractivity contribution in [1.29, 1.82) is 0 Å². The van der Waals surface area contributed by atoms with Crippen LogP contribution in [0.5, 0.6) is 0 Å². The van der Waals surface area contributed by atoms with E-state index < -0.39 is 0 Å². The molecule has 2 nitrogen and oxygen atoms in total. The second kappa shape index (κ2) is 10.3. The first-order chi connectivity index (χ1) is 16.4. The lowest BCUT2D eigenvalue weighted by atomic mass is 9.72. The van der Waals surface area contributed by atoms with Gasteiger partial charge in [0.1, 0.15) is 0 Å². The van der Waals surface area contributed by atoms with Crippen LogP contribution < -0.4 is 11.5 Å². The molecule has 0 radical (unpaired) electrons. The Morgan fingerprint density at radius 2 is 1.11 bits per heavy atom. The van der Waals surface area contributed by atoms with E-state index in [1.54, 1.807) is 0 Å². The Morgan fingerprint density at radius 3 is 1.60 bits per heavy atom. The average Bonchev–Trinajstić information content (AvgIpc) is 2.84. The van der Waals surface area contributed by atoms with Gasteiger partial charge in [-0.3, -0.25) is 0 Å². The first-order valence-corrected chi connectivity index (χ1v) is 13.4. The highest BCUT2D eigenvalue weighted by molar-refractivity contribution is 6.32. The van der Waals surface area contributed by atoms with Crippen LogP contribution in [0.2, 0.25) is 5.02 Å². The monoisotopic (exact) mass is 490 g/mol. The SMILES string of the molecule is CCc1cc(C(C)(C)c2cccc(C(C)(C)c3cc(CC)c(N)c(CC)c3Cl)c2)cc(CC)c1N. The van der Waals surface area contributed by atoms with Gasteiger partial charge < -0.3 is 11.5 Å². The van der Waals surface area contributed by atoms with Crippen LogP contribution in [0.15, 0.2) is 42.5 Å². The van der Waals surface area contributed by atoms with Gasteiger partial charge in [-0.1, -0.05) is 109 Å². The molecule has 0 saturated heterocycles. The number of anilines is 2. The van der Waals surface area contributed by atoms with E-state index in [1.165, 1.54) is 33.4 Å². The second-order valence-electron chi connectivity index (χ2n) is 10.7. The number of aryl methyl sites for hydroxylation is 3. The molecule has 4 N–H and O–H groups in total. The normalized spacial score (nSPS) is 12.3. The Kier molecular flexibility index (Phi) is 7.96. The fourth-order valence-electron chi connectivity index (χ4n) is 5.23. The Labute approximate surface area is 218 Å². The molecule has 3 rings (SSSR count). The highest BCUT2D eigenvalue weighted by Crippen LogP contribution is 2.43. The van der Waals surface area contributed by atoms with Gasteiger partial charge in [0.2, 0.25) is 0 Å². The molecule has 3 aromatic carbocycles. The summed E-state index contributed by atoms with van der Waals surface area (Å²) in [6.45, 7) is 17.8. The zero-order valence-electron chi connectivity index (χ0n) is 22.9. The van der Waals surface area contributed by atoms with Crippen LogP contribution in [0.4, 0.5) is 11.4 Å². The van der Waals surface area contributed by atoms with E-state index in [0.29, 0.717) is 0 Å². The van der Waals surface area contributed by atoms with Gasteiger partial charge in [0, 0.05) is 27.2 Å². The van der Waals surface area contributed by atoms with E-state index in [4.69, 9.17) is 23.1 Å². The molecule has 3 heteroatoms. The van der Waals surface area contributed by atoms with Gasteiger partial charge in [-0.15, -0.1) is 0 Å². The predicted octanol–water partition coefficient (Wildman–Crippen LogP) is 8.41. The molecule has 0 fully saturated rings. The van der Waals surface area contributed by atoms with Crippen LogP contribution in [-0.4, -0.2) is 0 Å². The maximum Gasteiger partial charge on any atom is 0.0499 e. The molecule has 0 aromatic heterocycles. The van der Waals surface area contributed by atoms with Crippen molar-refractivity contribution in [3.63, 3.8) is 0 Å². The number of halogens is 1. The quantitative estimate of drug-likeness (QED) is 0.311. The Morgan fingerprint density at radius 1 is 0.629 bits per heavy atom. The van der Waals surface area contributed by atoms with Crippen molar-refractivity contribution in [3.8, 4) is 0 Å². The van der Waals surface area contributed by atoms with Crippen LogP contribution in [0.25, 0.3) is 0 Å². The first-order valence-electron chi connectivity index (χ1n) is 13.1. The van der Waals surface area contributed by atoms with Crippen LogP contribution >= 0.6 is 11.6 Å². The van der Waals surface area contributed by atoms with Gasteiger partial charge in [-0.25, -0.2) is 0 Å². The minimum absolute atomic E-state index is 0.165. The third kappa shape index (κ3) is 4.83. The molecule has 0 atom stereocenters. The summed E-state index contributed by atoms with van der Waals surface area (Å²) in [6.07, 6.45) is 3.59. The highest BCUT2D eigenvalue weighted by Gasteiger charge is 2.31. The first kappa shape index (κ1) is 27.1. The predicted molar refractivity (Wildman–Crippen MR) is 155 cm³/mol. The van der Waals surface area contributed by atoms with Crippen molar-refractivity contribution in [2.75, 3.05) is 11.5 Å². The van der Waals surface area contributed by atoms with Crippen molar-refractivity contribution in [3.05, 3.63) is 92.0 Å². The number of nitrogens with two attached hydrogens (primary N) is 2. The maximum absolute atomic E-state index is 6.99. The summed E-state index contributed by atoms with van der Waals surface area (Å²) >= 11 is 6.99. The average molecular weight is 491 g/mol. The Bertz CT molecular complexity index is 1200. The molecule has 0 bridgehead atoms. The fraction of sp³-hybridized carbons (Fsp3) is 0.438. The van der Waals surface area contributed by atoms with E-state index >= 15 is 0 Å². The van der Waals surface area contributed by atoms with E-state index in [0.717, 1.165) is 53.2 Å². The highest BCUT2D eigenvalue weighted by atomic mass is 35.5. The van der Waals surface area contributed by atoms with Gasteiger partial charge in [0.05, 0.1) is 0 Å². The van der Waals surface area contributed by atoms with Gasteiger partial charge in [0.25, 0.3) is 0 Å². The second-order valence-corrected chi connectivity index (χ2v) is 11.1. The summed E-state index contributed by atoms with van der Waals surface area (Å²) < 4.78 is 0. The van der Waals surface area contributed by atoms with Gasteiger partial charge in [0.15, 0.2) is 0 Å². The smallest absolute Gasteiger partial charge is 0.0499 e. The summed E-state index contributed by atoms with van der Waals surface area (Å²) in [5.41, 5.74) is 24.0. The molecular formula is C32H43ClN2. The van der Waals surface area contributed by atoms with Gasteiger partial charge in [-0.05, 0) is 70.2 Å². The van der Waals surface area contributed by atoms with E-state index in [9.17, 15) is 0 Å². The fourth-order valence-corrected chi connectivity index (χ4v) is 5.75. The molecule has 0 aliphatic rings. The van der Waals surface area contributed by atoms with Crippen LogP contribution in [0.3, 0.4) is 0 Å². The lowest BCUT2D eigenvalue weighted by Gasteiger charge is -2.33. The Balaban J connectivity index is 2.16. The Hall–Kier alpha value is -2.45. The topological polar surface area (TPSA) is 52.0 Å². The van der Waals surface area contributed by atoms with E-state index in [1.807, 2.05) is 0 Å². The maximum atomic E-state index is 6.99. The number of rotatable bonds is 8. The molecule has 0 saturated carbocycles. The van der Waals surface area contributed by atoms with Crippen molar-refractivity contribution in [2.24, 2.45) is 0 Å². The minimum Gasteiger partial charge on any atom is -0.398 e. The number of nitrogen functional groups attached to an aromatic ring is 2. The number of hydrogen-bond donors (Lipinski definition) is 2. The molecule has 0 spiro atoms. The molecule has 188 valence electrons. The van der Waals surface area contributed by atoms with Crippen LogP contribution in [0, 0.1) is 0 Å². The molecule has 0 aliphatic heterocycles. The molecule has 3 aromatic rings. The molecule has 0 heterocycles. The van der Waals surface area contributed by atoms with Crippen molar-refractivity contribution < 1.29 is 0 Å². The summed E-state index contributed by atoms with van der Waals surface area (Å²) in [4.78, 5) is 0. The minimum atomic E-state index is -0.269. The molecule has 35 heavy (non-hydrogen) atoms.